The number of nitrogens with zero attached hydrogens (tertiary/aromatic N) is 4. The van der Waals surface area contributed by atoms with Crippen molar-refractivity contribution in [3.8, 4) is 0 Å². The second-order valence-corrected chi connectivity index (χ2v) is 6.02. The smallest absolute Gasteiger partial charge is 0.154 e. The summed E-state index contributed by atoms with van der Waals surface area (Å²) >= 11 is 9.64. The standard InChI is InChI=1S/C12H14BrClN4/c1-17-6-9(11(13)15-17)4-10-7-18(16-12(10)14)5-8-2-3-8/h6-8H,2-5H2,1H3. The lowest BCUT2D eigenvalue weighted by molar-refractivity contribution is 0.563. The van der Waals surface area contributed by atoms with E-state index in [0.717, 1.165) is 34.6 Å². The summed E-state index contributed by atoms with van der Waals surface area (Å²) in [4.78, 5) is 0. The third-order valence-electron chi connectivity index (χ3n) is 3.16. The molecule has 6 heteroatoms. The molecule has 0 spiro atoms. The summed E-state index contributed by atoms with van der Waals surface area (Å²) in [5, 5.41) is 9.23. The second-order valence-electron chi connectivity index (χ2n) is 4.91. The van der Waals surface area contributed by atoms with Crippen molar-refractivity contribution in [3.05, 3.63) is 33.3 Å². The summed E-state index contributed by atoms with van der Waals surface area (Å²) in [5.74, 6) is 0.805. The Morgan fingerprint density at radius 1 is 1.33 bits per heavy atom. The number of aromatic nitrogens is 4. The average Bonchev–Trinajstić information content (AvgIpc) is 2.95. The summed E-state index contributed by atoms with van der Waals surface area (Å²) < 4.78 is 4.64. The van der Waals surface area contributed by atoms with Gasteiger partial charge in [0.2, 0.25) is 0 Å². The molecule has 0 radical (unpaired) electrons. The molecule has 0 bridgehead atoms. The molecule has 3 rings (SSSR count). The highest BCUT2D eigenvalue weighted by molar-refractivity contribution is 9.10. The van der Waals surface area contributed by atoms with Gasteiger partial charge in [-0.15, -0.1) is 0 Å². The first-order valence-corrected chi connectivity index (χ1v) is 7.19. The molecule has 4 nitrogen and oxygen atoms in total. The highest BCUT2D eigenvalue weighted by Gasteiger charge is 2.22. The van der Waals surface area contributed by atoms with Crippen LogP contribution < -0.4 is 0 Å². The Morgan fingerprint density at radius 2 is 2.11 bits per heavy atom. The predicted molar refractivity (Wildman–Crippen MR) is 73.7 cm³/mol. The largest absolute Gasteiger partial charge is 0.274 e. The zero-order chi connectivity index (χ0) is 12.7. The van der Waals surface area contributed by atoms with Gasteiger partial charge in [0, 0.05) is 43.5 Å². The van der Waals surface area contributed by atoms with E-state index in [2.05, 4.69) is 32.3 Å². The molecule has 2 aromatic rings. The fourth-order valence-corrected chi connectivity index (χ4v) is 2.76. The van der Waals surface area contributed by atoms with Gasteiger partial charge in [0.1, 0.15) is 4.60 Å². The summed E-state index contributed by atoms with van der Waals surface area (Å²) in [6, 6.07) is 0. The van der Waals surface area contributed by atoms with Gasteiger partial charge in [-0.1, -0.05) is 11.6 Å². The van der Waals surface area contributed by atoms with Crippen molar-refractivity contribution in [2.45, 2.75) is 25.8 Å². The van der Waals surface area contributed by atoms with Gasteiger partial charge in [-0.2, -0.15) is 10.2 Å². The summed E-state index contributed by atoms with van der Waals surface area (Å²) in [6.07, 6.45) is 7.46. The second kappa shape index (κ2) is 4.70. The van der Waals surface area contributed by atoms with E-state index in [9.17, 15) is 0 Å². The van der Waals surface area contributed by atoms with Crippen LogP contribution in [0.1, 0.15) is 24.0 Å². The first kappa shape index (κ1) is 12.2. The molecule has 18 heavy (non-hydrogen) atoms. The molecule has 1 aliphatic rings. The molecule has 0 atom stereocenters. The number of halogens is 2. The van der Waals surface area contributed by atoms with Crippen molar-refractivity contribution in [2.24, 2.45) is 13.0 Å². The molecule has 2 heterocycles. The van der Waals surface area contributed by atoms with Crippen LogP contribution in [-0.4, -0.2) is 19.6 Å². The quantitative estimate of drug-likeness (QED) is 0.864. The third-order valence-corrected chi connectivity index (χ3v) is 4.15. The van der Waals surface area contributed by atoms with Crippen molar-refractivity contribution >= 4 is 27.5 Å². The molecule has 1 saturated carbocycles. The Labute approximate surface area is 119 Å². The molecular weight excluding hydrogens is 316 g/mol. The van der Waals surface area contributed by atoms with Crippen LogP contribution >= 0.6 is 27.5 Å². The van der Waals surface area contributed by atoms with E-state index in [1.165, 1.54) is 12.8 Å². The fourth-order valence-electron chi connectivity index (χ4n) is 2.05. The number of rotatable bonds is 4. The van der Waals surface area contributed by atoms with Crippen molar-refractivity contribution in [2.75, 3.05) is 0 Å². The van der Waals surface area contributed by atoms with Crippen LogP contribution in [0.15, 0.2) is 17.0 Å². The van der Waals surface area contributed by atoms with Gasteiger partial charge in [0.25, 0.3) is 0 Å². The molecule has 0 saturated heterocycles. The topological polar surface area (TPSA) is 35.6 Å². The van der Waals surface area contributed by atoms with Crippen molar-refractivity contribution in [1.82, 2.24) is 19.6 Å². The lowest BCUT2D eigenvalue weighted by atomic mass is 10.1. The SMILES string of the molecule is Cn1cc(Cc2cn(CC3CC3)nc2Cl)c(Br)n1. The molecular formula is C12H14BrClN4. The van der Waals surface area contributed by atoms with E-state index in [-0.39, 0.29) is 0 Å². The van der Waals surface area contributed by atoms with Gasteiger partial charge < -0.3 is 0 Å². The number of aryl methyl sites for hydroxylation is 1. The van der Waals surface area contributed by atoms with Crippen LogP contribution in [0, 0.1) is 5.92 Å². The first-order valence-electron chi connectivity index (χ1n) is 6.01. The third kappa shape index (κ3) is 2.62. The van der Waals surface area contributed by atoms with Crippen LogP contribution in [-0.2, 0) is 20.0 Å². The maximum atomic E-state index is 6.18. The maximum Gasteiger partial charge on any atom is 0.154 e. The molecule has 1 aliphatic carbocycles. The van der Waals surface area contributed by atoms with E-state index in [0.29, 0.717) is 5.15 Å². The van der Waals surface area contributed by atoms with Crippen molar-refractivity contribution in [3.63, 3.8) is 0 Å². The lowest BCUT2D eigenvalue weighted by Gasteiger charge is -1.96. The molecule has 2 aromatic heterocycles. The Kier molecular flexibility index (Phi) is 3.20. The van der Waals surface area contributed by atoms with Crippen LogP contribution in [0.5, 0.6) is 0 Å². The Morgan fingerprint density at radius 3 is 2.72 bits per heavy atom. The van der Waals surface area contributed by atoms with E-state index in [1.807, 2.05) is 17.9 Å². The summed E-state index contributed by atoms with van der Waals surface area (Å²) in [7, 11) is 1.91. The minimum atomic E-state index is 0.603. The Bertz CT molecular complexity index is 571. The van der Waals surface area contributed by atoms with E-state index >= 15 is 0 Å². The van der Waals surface area contributed by atoms with Gasteiger partial charge >= 0.3 is 0 Å². The van der Waals surface area contributed by atoms with E-state index < -0.39 is 0 Å². The van der Waals surface area contributed by atoms with Crippen molar-refractivity contribution < 1.29 is 0 Å². The fraction of sp³-hybridized carbons (Fsp3) is 0.500. The van der Waals surface area contributed by atoms with Gasteiger partial charge in [0.05, 0.1) is 0 Å². The van der Waals surface area contributed by atoms with Gasteiger partial charge in [-0.05, 0) is 34.7 Å². The lowest BCUT2D eigenvalue weighted by Crippen LogP contribution is -1.99. The summed E-state index contributed by atoms with van der Waals surface area (Å²) in [6.45, 7) is 0.994. The van der Waals surface area contributed by atoms with Gasteiger partial charge in [0.15, 0.2) is 5.15 Å². The van der Waals surface area contributed by atoms with E-state index in [1.54, 1.807) is 4.68 Å². The molecule has 0 aromatic carbocycles. The Balaban J connectivity index is 1.78. The molecule has 0 N–H and O–H groups in total. The predicted octanol–water partition coefficient (Wildman–Crippen LogP) is 3.03. The average molecular weight is 330 g/mol. The molecule has 1 fully saturated rings. The van der Waals surface area contributed by atoms with Crippen LogP contribution in [0.2, 0.25) is 5.15 Å². The number of hydrogen-bond acceptors (Lipinski definition) is 2. The molecule has 96 valence electrons. The van der Waals surface area contributed by atoms with Gasteiger partial charge in [-0.3, -0.25) is 9.36 Å². The number of hydrogen-bond donors (Lipinski definition) is 0. The van der Waals surface area contributed by atoms with Crippen LogP contribution in [0.3, 0.4) is 0 Å². The Hall–Kier alpha value is -0.810. The van der Waals surface area contributed by atoms with Gasteiger partial charge in [-0.25, -0.2) is 0 Å². The molecule has 0 amide bonds. The zero-order valence-corrected chi connectivity index (χ0v) is 12.4. The normalized spacial score (nSPS) is 15.3. The van der Waals surface area contributed by atoms with Crippen LogP contribution in [0.4, 0.5) is 0 Å². The monoisotopic (exact) mass is 328 g/mol. The van der Waals surface area contributed by atoms with Crippen LogP contribution in [0.25, 0.3) is 0 Å². The molecule has 0 unspecified atom stereocenters. The highest BCUT2D eigenvalue weighted by atomic mass is 79.9. The summed E-state index contributed by atoms with van der Waals surface area (Å²) in [5.41, 5.74) is 2.19. The minimum absolute atomic E-state index is 0.603. The van der Waals surface area contributed by atoms with E-state index in [4.69, 9.17) is 11.6 Å². The first-order chi connectivity index (χ1) is 8.61. The maximum absolute atomic E-state index is 6.18. The van der Waals surface area contributed by atoms with Crippen molar-refractivity contribution in [1.29, 1.82) is 0 Å². The zero-order valence-electron chi connectivity index (χ0n) is 10.1. The highest BCUT2D eigenvalue weighted by Crippen LogP contribution is 2.31. The molecule has 0 aliphatic heterocycles. The minimum Gasteiger partial charge on any atom is -0.274 e.